The molecule has 1 aromatic rings. The van der Waals surface area contributed by atoms with Crippen molar-refractivity contribution in [2.75, 3.05) is 0 Å². The lowest BCUT2D eigenvalue weighted by Crippen LogP contribution is -2.01. The molecular weight excluding hydrogens is 343 g/mol. The molecular formula is C14H17IO3. The highest BCUT2D eigenvalue weighted by Gasteiger charge is 2.08. The molecule has 0 radical (unpaired) electrons. The minimum Gasteiger partial charge on any atom is -0.481 e. The van der Waals surface area contributed by atoms with Crippen LogP contribution in [0.4, 0.5) is 0 Å². The molecule has 98 valence electrons. The minimum absolute atomic E-state index is 0.179. The fourth-order valence-corrected chi connectivity index (χ4v) is 2.43. The van der Waals surface area contributed by atoms with Crippen molar-refractivity contribution in [1.29, 1.82) is 0 Å². The molecule has 1 aromatic carbocycles. The molecule has 0 saturated carbocycles. The van der Waals surface area contributed by atoms with E-state index in [0.29, 0.717) is 12.8 Å². The standard InChI is InChI=1S/C14H17IO3/c15-12-8-6-5-7-11(12)13(16)9-3-1-2-4-10-14(17)18/h5-8H,1-4,9-10H2,(H,17,18). The highest BCUT2D eigenvalue weighted by Crippen LogP contribution is 2.15. The highest BCUT2D eigenvalue weighted by atomic mass is 127. The smallest absolute Gasteiger partial charge is 0.303 e. The van der Waals surface area contributed by atoms with Crippen LogP contribution in [0.15, 0.2) is 24.3 Å². The normalized spacial score (nSPS) is 10.3. The summed E-state index contributed by atoms with van der Waals surface area (Å²) in [5.74, 6) is -0.567. The highest BCUT2D eigenvalue weighted by molar-refractivity contribution is 14.1. The van der Waals surface area contributed by atoms with Crippen molar-refractivity contribution in [3.05, 3.63) is 33.4 Å². The van der Waals surface area contributed by atoms with Gasteiger partial charge in [0, 0.05) is 22.0 Å². The third kappa shape index (κ3) is 5.62. The number of hydrogen-bond donors (Lipinski definition) is 1. The first-order valence-corrected chi connectivity index (χ1v) is 7.18. The molecule has 0 aliphatic heterocycles. The van der Waals surface area contributed by atoms with Crippen molar-refractivity contribution in [1.82, 2.24) is 0 Å². The van der Waals surface area contributed by atoms with Crippen molar-refractivity contribution in [2.45, 2.75) is 38.5 Å². The molecule has 3 nitrogen and oxygen atoms in total. The van der Waals surface area contributed by atoms with E-state index in [0.717, 1.165) is 28.4 Å². The Bertz CT molecular complexity index is 415. The minimum atomic E-state index is -0.745. The molecule has 0 aliphatic rings. The second-order valence-corrected chi connectivity index (χ2v) is 5.37. The van der Waals surface area contributed by atoms with Gasteiger partial charge in [-0.3, -0.25) is 9.59 Å². The fourth-order valence-electron chi connectivity index (χ4n) is 1.74. The number of halogens is 1. The Kier molecular flexibility index (Phi) is 6.93. The number of carbonyl (C=O) groups is 2. The Hall–Kier alpha value is -0.910. The second kappa shape index (κ2) is 8.24. The molecule has 1 N–H and O–H groups in total. The van der Waals surface area contributed by atoms with Crippen LogP contribution in [0.3, 0.4) is 0 Å². The van der Waals surface area contributed by atoms with Crippen molar-refractivity contribution in [2.24, 2.45) is 0 Å². The predicted molar refractivity (Wildman–Crippen MR) is 78.8 cm³/mol. The third-order valence-corrected chi connectivity index (χ3v) is 3.66. The summed E-state index contributed by atoms with van der Waals surface area (Å²) >= 11 is 2.17. The quantitative estimate of drug-likeness (QED) is 0.435. The van der Waals surface area contributed by atoms with E-state index in [1.165, 1.54) is 0 Å². The van der Waals surface area contributed by atoms with Gasteiger partial charge in [0.05, 0.1) is 0 Å². The van der Waals surface area contributed by atoms with Gasteiger partial charge in [0.1, 0.15) is 0 Å². The number of ketones is 1. The number of carbonyl (C=O) groups excluding carboxylic acids is 1. The second-order valence-electron chi connectivity index (χ2n) is 4.21. The van der Waals surface area contributed by atoms with Crippen molar-refractivity contribution in [3.63, 3.8) is 0 Å². The zero-order valence-electron chi connectivity index (χ0n) is 10.2. The molecule has 0 atom stereocenters. The number of hydrogen-bond acceptors (Lipinski definition) is 2. The maximum absolute atomic E-state index is 11.9. The molecule has 0 spiro atoms. The largest absolute Gasteiger partial charge is 0.481 e. The van der Waals surface area contributed by atoms with Crippen LogP contribution >= 0.6 is 22.6 Å². The van der Waals surface area contributed by atoms with Gasteiger partial charge in [0.15, 0.2) is 5.78 Å². The summed E-state index contributed by atoms with van der Waals surface area (Å²) in [6.45, 7) is 0. The fraction of sp³-hybridized carbons (Fsp3) is 0.429. The van der Waals surface area contributed by atoms with Gasteiger partial charge in [0.25, 0.3) is 0 Å². The van der Waals surface area contributed by atoms with Crippen LogP contribution in [-0.4, -0.2) is 16.9 Å². The Morgan fingerprint density at radius 3 is 2.22 bits per heavy atom. The lowest BCUT2D eigenvalue weighted by Gasteiger charge is -2.03. The summed E-state index contributed by atoms with van der Waals surface area (Å²) in [6, 6.07) is 7.59. The maximum atomic E-state index is 11.9. The van der Waals surface area contributed by atoms with E-state index >= 15 is 0 Å². The predicted octanol–water partition coefficient (Wildman–Crippen LogP) is 3.90. The number of rotatable bonds is 8. The number of Topliss-reactive ketones (excluding diaryl/α,β-unsaturated/α-hetero) is 1. The monoisotopic (exact) mass is 360 g/mol. The summed E-state index contributed by atoms with van der Waals surface area (Å²) in [7, 11) is 0. The average Bonchev–Trinajstić information content (AvgIpc) is 2.33. The zero-order chi connectivity index (χ0) is 13.4. The van der Waals surface area contributed by atoms with Crippen molar-refractivity contribution >= 4 is 34.3 Å². The molecule has 0 aliphatic carbocycles. The topological polar surface area (TPSA) is 54.4 Å². The first-order valence-electron chi connectivity index (χ1n) is 6.11. The van der Waals surface area contributed by atoms with Gasteiger partial charge in [-0.1, -0.05) is 31.0 Å². The SMILES string of the molecule is O=C(O)CCCCCCC(=O)c1ccccc1I. The number of benzene rings is 1. The lowest BCUT2D eigenvalue weighted by atomic mass is 10.0. The average molecular weight is 360 g/mol. The van der Waals surface area contributed by atoms with Gasteiger partial charge in [-0.15, -0.1) is 0 Å². The molecule has 0 heterocycles. The Morgan fingerprint density at radius 2 is 1.61 bits per heavy atom. The van der Waals surface area contributed by atoms with Gasteiger partial charge in [0.2, 0.25) is 0 Å². The molecule has 4 heteroatoms. The molecule has 1 rings (SSSR count). The summed E-state index contributed by atoms with van der Waals surface area (Å²) in [4.78, 5) is 22.2. The van der Waals surface area contributed by atoms with Crippen LogP contribution in [0.2, 0.25) is 0 Å². The van der Waals surface area contributed by atoms with Gasteiger partial charge >= 0.3 is 5.97 Å². The van der Waals surface area contributed by atoms with E-state index in [2.05, 4.69) is 22.6 Å². The van der Waals surface area contributed by atoms with Crippen LogP contribution in [0.5, 0.6) is 0 Å². The van der Waals surface area contributed by atoms with Crippen LogP contribution in [0.25, 0.3) is 0 Å². The molecule has 0 fully saturated rings. The van der Waals surface area contributed by atoms with Gasteiger partial charge < -0.3 is 5.11 Å². The van der Waals surface area contributed by atoms with E-state index in [1.54, 1.807) is 0 Å². The molecule has 18 heavy (non-hydrogen) atoms. The first kappa shape index (κ1) is 15.1. The number of aliphatic carboxylic acids is 1. The van der Waals surface area contributed by atoms with Crippen LogP contribution < -0.4 is 0 Å². The van der Waals surface area contributed by atoms with Crippen molar-refractivity contribution in [3.8, 4) is 0 Å². The van der Waals surface area contributed by atoms with E-state index in [-0.39, 0.29) is 12.2 Å². The Morgan fingerprint density at radius 1 is 1.00 bits per heavy atom. The van der Waals surface area contributed by atoms with E-state index in [4.69, 9.17) is 5.11 Å². The zero-order valence-corrected chi connectivity index (χ0v) is 12.4. The van der Waals surface area contributed by atoms with Crippen LogP contribution in [-0.2, 0) is 4.79 Å². The van der Waals surface area contributed by atoms with Gasteiger partial charge in [-0.2, -0.15) is 0 Å². The van der Waals surface area contributed by atoms with E-state index in [9.17, 15) is 9.59 Å². The molecule has 0 unspecified atom stereocenters. The molecule has 0 saturated heterocycles. The summed E-state index contributed by atoms with van der Waals surface area (Å²) in [5.41, 5.74) is 0.795. The number of carboxylic acid groups (broad SMARTS) is 1. The Labute approximate surface area is 121 Å². The van der Waals surface area contributed by atoms with E-state index < -0.39 is 5.97 Å². The van der Waals surface area contributed by atoms with E-state index in [1.807, 2.05) is 24.3 Å². The number of carboxylic acids is 1. The summed E-state index contributed by atoms with van der Waals surface area (Å²) < 4.78 is 0.992. The molecule has 0 aromatic heterocycles. The molecule has 0 amide bonds. The number of unbranched alkanes of at least 4 members (excludes halogenated alkanes) is 3. The lowest BCUT2D eigenvalue weighted by molar-refractivity contribution is -0.137. The van der Waals surface area contributed by atoms with Gasteiger partial charge in [-0.25, -0.2) is 0 Å². The van der Waals surface area contributed by atoms with Crippen molar-refractivity contribution < 1.29 is 14.7 Å². The molecule has 0 bridgehead atoms. The summed E-state index contributed by atoms with van der Waals surface area (Å²) in [6.07, 6.45) is 4.11. The van der Waals surface area contributed by atoms with Gasteiger partial charge in [-0.05, 0) is 41.5 Å². The Balaban J connectivity index is 2.22. The first-order chi connectivity index (χ1) is 8.61. The summed E-state index contributed by atoms with van der Waals surface area (Å²) in [5, 5.41) is 8.48. The van der Waals surface area contributed by atoms with Crippen LogP contribution in [0, 0.1) is 3.57 Å². The third-order valence-electron chi connectivity index (χ3n) is 2.72. The van der Waals surface area contributed by atoms with Crippen LogP contribution in [0.1, 0.15) is 48.9 Å². The maximum Gasteiger partial charge on any atom is 0.303 e.